The number of likely N-dealkylation sites (tertiary alicyclic amines) is 1. The van der Waals surface area contributed by atoms with Gasteiger partial charge in [0.25, 0.3) is 5.91 Å². The van der Waals surface area contributed by atoms with Crippen LogP contribution in [0.4, 0.5) is 0 Å². The van der Waals surface area contributed by atoms with E-state index in [0.717, 1.165) is 48.6 Å². The molecule has 5 heteroatoms. The Labute approximate surface area is 142 Å². The van der Waals surface area contributed by atoms with Gasteiger partial charge in [-0.3, -0.25) is 9.48 Å². The van der Waals surface area contributed by atoms with Crippen molar-refractivity contribution in [2.24, 2.45) is 0 Å². The Morgan fingerprint density at radius 3 is 2.88 bits per heavy atom. The molecule has 3 heterocycles. The summed E-state index contributed by atoms with van der Waals surface area (Å²) in [4.78, 5) is 14.9. The van der Waals surface area contributed by atoms with E-state index in [0.29, 0.717) is 6.42 Å². The summed E-state index contributed by atoms with van der Waals surface area (Å²) in [5.74, 6) is 0.959. The van der Waals surface area contributed by atoms with E-state index in [9.17, 15) is 4.79 Å². The highest BCUT2D eigenvalue weighted by molar-refractivity contribution is 5.82. The minimum atomic E-state index is -0.374. The van der Waals surface area contributed by atoms with Gasteiger partial charge in [0.1, 0.15) is 5.75 Å². The maximum absolute atomic E-state index is 12.9. The predicted octanol–water partition coefficient (Wildman–Crippen LogP) is 2.67. The summed E-state index contributed by atoms with van der Waals surface area (Å²) >= 11 is 0. The zero-order valence-electron chi connectivity index (χ0n) is 14.2. The van der Waals surface area contributed by atoms with Crippen molar-refractivity contribution < 1.29 is 9.53 Å². The minimum Gasteiger partial charge on any atom is -0.480 e. The first-order valence-electron chi connectivity index (χ1n) is 8.68. The van der Waals surface area contributed by atoms with Crippen LogP contribution < -0.4 is 4.74 Å². The van der Waals surface area contributed by atoms with Gasteiger partial charge in [0.05, 0.1) is 11.7 Å². The second-order valence-electron chi connectivity index (χ2n) is 6.87. The van der Waals surface area contributed by atoms with Crippen molar-refractivity contribution in [2.45, 2.75) is 45.3 Å². The molecule has 0 bridgehead atoms. The number of piperidine rings is 1. The highest BCUT2D eigenvalue weighted by Crippen LogP contribution is 2.30. The molecule has 0 unspecified atom stereocenters. The summed E-state index contributed by atoms with van der Waals surface area (Å²) in [7, 11) is 0. The highest BCUT2D eigenvalue weighted by atomic mass is 16.5. The quantitative estimate of drug-likeness (QED) is 0.853. The summed E-state index contributed by atoms with van der Waals surface area (Å²) < 4.78 is 7.96. The lowest BCUT2D eigenvalue weighted by atomic mass is 10.0. The first-order chi connectivity index (χ1) is 11.6. The lowest BCUT2D eigenvalue weighted by Gasteiger charge is -2.34. The van der Waals surface area contributed by atoms with E-state index in [1.165, 1.54) is 0 Å². The van der Waals surface area contributed by atoms with Crippen LogP contribution in [-0.2, 0) is 11.2 Å². The van der Waals surface area contributed by atoms with E-state index in [1.807, 2.05) is 36.1 Å². The molecule has 1 amide bonds. The summed E-state index contributed by atoms with van der Waals surface area (Å²) in [5, 5.41) is 4.61. The molecule has 0 radical (unpaired) electrons. The molecular weight excluding hydrogens is 302 g/mol. The third-order valence-corrected chi connectivity index (χ3v) is 5.02. The lowest BCUT2D eigenvalue weighted by molar-refractivity contribution is -0.139. The Bertz CT molecular complexity index is 743. The van der Waals surface area contributed by atoms with Crippen LogP contribution in [0, 0.1) is 13.8 Å². The van der Waals surface area contributed by atoms with Crippen LogP contribution in [-0.4, -0.2) is 39.8 Å². The number of para-hydroxylation sites is 1. The number of fused-ring (bicyclic) bond motifs is 1. The van der Waals surface area contributed by atoms with Crippen molar-refractivity contribution in [3.05, 3.63) is 47.3 Å². The second-order valence-corrected chi connectivity index (χ2v) is 6.87. The molecule has 0 saturated carbocycles. The third-order valence-electron chi connectivity index (χ3n) is 5.02. The molecule has 2 atom stereocenters. The number of hydrogen-bond donors (Lipinski definition) is 0. The maximum atomic E-state index is 12.9. The van der Waals surface area contributed by atoms with Gasteiger partial charge in [-0.05, 0) is 44.4 Å². The van der Waals surface area contributed by atoms with Crippen LogP contribution in [0.1, 0.15) is 35.8 Å². The van der Waals surface area contributed by atoms with Crippen molar-refractivity contribution in [1.29, 1.82) is 0 Å². The van der Waals surface area contributed by atoms with Gasteiger partial charge in [0.2, 0.25) is 0 Å². The molecule has 1 aromatic heterocycles. The zero-order chi connectivity index (χ0) is 16.7. The molecule has 24 heavy (non-hydrogen) atoms. The van der Waals surface area contributed by atoms with Gasteiger partial charge in [-0.25, -0.2) is 0 Å². The Morgan fingerprint density at radius 1 is 1.29 bits per heavy atom. The van der Waals surface area contributed by atoms with Crippen LogP contribution in [0.3, 0.4) is 0 Å². The first kappa shape index (κ1) is 15.2. The zero-order valence-corrected chi connectivity index (χ0v) is 14.2. The molecule has 126 valence electrons. The summed E-state index contributed by atoms with van der Waals surface area (Å²) in [5.41, 5.74) is 3.32. The van der Waals surface area contributed by atoms with Crippen molar-refractivity contribution in [3.63, 3.8) is 0 Å². The molecule has 0 spiro atoms. The van der Waals surface area contributed by atoms with Crippen molar-refractivity contribution in [1.82, 2.24) is 14.7 Å². The number of benzene rings is 1. The van der Waals surface area contributed by atoms with E-state index >= 15 is 0 Å². The number of aryl methyl sites for hydroxylation is 2. The third kappa shape index (κ3) is 2.68. The number of hydrogen-bond acceptors (Lipinski definition) is 3. The Balaban J connectivity index is 1.47. The van der Waals surface area contributed by atoms with Crippen molar-refractivity contribution in [2.75, 3.05) is 13.1 Å². The number of amides is 1. The van der Waals surface area contributed by atoms with Gasteiger partial charge in [-0.15, -0.1) is 0 Å². The second kappa shape index (κ2) is 5.96. The largest absolute Gasteiger partial charge is 0.480 e. The topological polar surface area (TPSA) is 47.4 Å². The highest BCUT2D eigenvalue weighted by Gasteiger charge is 2.35. The van der Waals surface area contributed by atoms with Gasteiger partial charge in [-0.2, -0.15) is 5.10 Å². The molecule has 1 fully saturated rings. The average Bonchev–Trinajstić information content (AvgIpc) is 3.17. The van der Waals surface area contributed by atoms with Gasteiger partial charge in [0.15, 0.2) is 6.10 Å². The van der Waals surface area contributed by atoms with Crippen LogP contribution in [0.15, 0.2) is 30.3 Å². The van der Waals surface area contributed by atoms with E-state index < -0.39 is 0 Å². The van der Waals surface area contributed by atoms with Crippen LogP contribution in [0.25, 0.3) is 0 Å². The number of aromatic nitrogens is 2. The summed E-state index contributed by atoms with van der Waals surface area (Å²) in [6.45, 7) is 5.62. The van der Waals surface area contributed by atoms with Crippen molar-refractivity contribution >= 4 is 5.91 Å². The molecular formula is C19H23N3O2. The Hall–Kier alpha value is -2.30. The van der Waals surface area contributed by atoms with Gasteiger partial charge in [0, 0.05) is 25.2 Å². The fourth-order valence-electron chi connectivity index (χ4n) is 3.89. The standard InChI is InChI=1S/C19H23N3O2/c1-13-10-14(2)22(20-13)16-7-5-9-21(12-16)19(23)18-11-15-6-3-4-8-17(15)24-18/h3-4,6,8,10,16,18H,5,7,9,11-12H2,1-2H3/t16-,18+/m1/s1. The molecule has 0 N–H and O–H groups in total. The SMILES string of the molecule is Cc1cc(C)n([C@@H]2CCCN(C(=O)[C@@H]3Cc4ccccc4O3)C2)n1. The van der Waals surface area contributed by atoms with Gasteiger partial charge in [-0.1, -0.05) is 18.2 Å². The minimum absolute atomic E-state index is 0.109. The van der Waals surface area contributed by atoms with Crippen LogP contribution >= 0.6 is 0 Å². The lowest BCUT2D eigenvalue weighted by Crippen LogP contribution is -2.47. The van der Waals surface area contributed by atoms with Gasteiger partial charge < -0.3 is 9.64 Å². The smallest absolute Gasteiger partial charge is 0.264 e. The predicted molar refractivity (Wildman–Crippen MR) is 91.1 cm³/mol. The molecule has 0 aliphatic carbocycles. The number of carbonyl (C=O) groups excluding carboxylic acids is 1. The molecule has 4 rings (SSSR count). The number of rotatable bonds is 2. The van der Waals surface area contributed by atoms with E-state index in [2.05, 4.69) is 22.8 Å². The summed E-state index contributed by atoms with van der Waals surface area (Å²) in [6, 6.07) is 10.3. The summed E-state index contributed by atoms with van der Waals surface area (Å²) in [6.07, 6.45) is 2.38. The Morgan fingerprint density at radius 2 is 2.12 bits per heavy atom. The van der Waals surface area contributed by atoms with E-state index in [4.69, 9.17) is 4.74 Å². The molecule has 1 aromatic carbocycles. The fourth-order valence-corrected chi connectivity index (χ4v) is 3.89. The maximum Gasteiger partial charge on any atom is 0.264 e. The molecule has 2 aliphatic rings. The van der Waals surface area contributed by atoms with Crippen molar-refractivity contribution in [3.8, 4) is 5.75 Å². The van der Waals surface area contributed by atoms with Crippen LogP contribution in [0.2, 0.25) is 0 Å². The molecule has 5 nitrogen and oxygen atoms in total. The Kier molecular flexibility index (Phi) is 3.79. The molecule has 2 aliphatic heterocycles. The number of carbonyl (C=O) groups is 1. The van der Waals surface area contributed by atoms with Gasteiger partial charge >= 0.3 is 0 Å². The van der Waals surface area contributed by atoms with E-state index in [-0.39, 0.29) is 18.1 Å². The monoisotopic (exact) mass is 325 g/mol. The number of ether oxygens (including phenoxy) is 1. The fraction of sp³-hybridized carbons (Fsp3) is 0.474. The average molecular weight is 325 g/mol. The molecule has 2 aromatic rings. The van der Waals surface area contributed by atoms with E-state index in [1.54, 1.807) is 0 Å². The first-order valence-corrected chi connectivity index (χ1v) is 8.68. The molecule has 1 saturated heterocycles. The normalized spacial score (nSPS) is 23.0. The number of nitrogens with zero attached hydrogens (tertiary/aromatic N) is 3. The van der Waals surface area contributed by atoms with Crippen LogP contribution in [0.5, 0.6) is 5.75 Å².